The fourth-order valence-corrected chi connectivity index (χ4v) is 2.62. The van der Waals surface area contributed by atoms with Crippen molar-refractivity contribution < 1.29 is 19.1 Å². The van der Waals surface area contributed by atoms with Crippen molar-refractivity contribution in [2.24, 2.45) is 0 Å². The molecule has 1 amide bonds. The van der Waals surface area contributed by atoms with E-state index in [0.29, 0.717) is 25.2 Å². The molecule has 0 aliphatic carbocycles. The quantitative estimate of drug-likeness (QED) is 0.617. The number of carbonyl (C=O) groups is 1. The van der Waals surface area contributed by atoms with Gasteiger partial charge in [-0.3, -0.25) is 4.79 Å². The number of rotatable bonds is 8. The number of furan rings is 1. The van der Waals surface area contributed by atoms with E-state index in [4.69, 9.17) is 9.15 Å². The van der Waals surface area contributed by atoms with Crippen LogP contribution in [0.3, 0.4) is 0 Å². The molecule has 0 radical (unpaired) electrons. The van der Waals surface area contributed by atoms with Crippen LogP contribution in [0.15, 0.2) is 65.3 Å². The van der Waals surface area contributed by atoms with E-state index in [1.54, 1.807) is 12.1 Å². The highest BCUT2D eigenvalue weighted by Gasteiger charge is 2.11. The molecule has 130 valence electrons. The second-order valence-corrected chi connectivity index (χ2v) is 5.76. The van der Waals surface area contributed by atoms with Gasteiger partial charge in [0, 0.05) is 11.8 Å². The zero-order chi connectivity index (χ0) is 17.5. The fraction of sp³-hybridized carbons (Fsp3) is 0.250. The van der Waals surface area contributed by atoms with Crippen LogP contribution in [0.5, 0.6) is 5.75 Å². The summed E-state index contributed by atoms with van der Waals surface area (Å²) in [4.78, 5) is 11.8. The first-order valence-corrected chi connectivity index (χ1v) is 8.33. The first kappa shape index (κ1) is 17.0. The predicted molar refractivity (Wildman–Crippen MR) is 95.4 cm³/mol. The van der Waals surface area contributed by atoms with E-state index in [1.165, 1.54) is 6.26 Å². The van der Waals surface area contributed by atoms with Crippen LogP contribution in [0.25, 0.3) is 10.8 Å². The zero-order valence-corrected chi connectivity index (χ0v) is 13.9. The summed E-state index contributed by atoms with van der Waals surface area (Å²) in [6, 6.07) is 17.3. The topological polar surface area (TPSA) is 71.7 Å². The normalized spacial score (nSPS) is 12.0. The molecular formula is C20H21NO4. The average molecular weight is 339 g/mol. The Bertz CT molecular complexity index is 808. The molecule has 0 bridgehead atoms. The second kappa shape index (κ2) is 8.35. The molecule has 0 saturated carbocycles. The summed E-state index contributed by atoms with van der Waals surface area (Å²) >= 11 is 0. The van der Waals surface area contributed by atoms with Gasteiger partial charge in [0.05, 0.1) is 19.4 Å². The minimum Gasteiger partial charge on any atom is -0.493 e. The standard InChI is InChI=1S/C20H21NO4/c22-17(19-10-4-12-25-19)14-21-20(23)11-5-13-24-18-9-3-7-15-6-1-2-8-16(15)18/h1-4,6-10,12,17,22H,5,11,13-14H2,(H,21,23). The molecule has 25 heavy (non-hydrogen) atoms. The number of aliphatic hydroxyl groups is 1. The molecule has 3 aromatic rings. The smallest absolute Gasteiger partial charge is 0.220 e. The molecule has 2 N–H and O–H groups in total. The SMILES string of the molecule is O=C(CCCOc1cccc2ccccc12)NCC(O)c1ccco1. The van der Waals surface area contributed by atoms with Gasteiger partial charge in [-0.1, -0.05) is 36.4 Å². The molecule has 1 heterocycles. The van der Waals surface area contributed by atoms with Crippen molar-refractivity contribution in [2.75, 3.05) is 13.2 Å². The van der Waals surface area contributed by atoms with E-state index in [-0.39, 0.29) is 12.5 Å². The Labute approximate surface area is 146 Å². The van der Waals surface area contributed by atoms with Crippen LogP contribution in [0.4, 0.5) is 0 Å². The number of ether oxygens (including phenoxy) is 1. The minimum atomic E-state index is -0.828. The van der Waals surface area contributed by atoms with E-state index in [1.807, 2.05) is 42.5 Å². The maximum Gasteiger partial charge on any atom is 0.220 e. The number of fused-ring (bicyclic) bond motifs is 1. The number of benzene rings is 2. The molecule has 0 spiro atoms. The van der Waals surface area contributed by atoms with E-state index >= 15 is 0 Å². The lowest BCUT2D eigenvalue weighted by molar-refractivity contribution is -0.121. The van der Waals surface area contributed by atoms with Crippen LogP contribution in [0, 0.1) is 0 Å². The Hall–Kier alpha value is -2.79. The third-order valence-corrected chi connectivity index (χ3v) is 3.92. The van der Waals surface area contributed by atoms with Crippen molar-refractivity contribution in [1.29, 1.82) is 0 Å². The molecule has 1 atom stereocenters. The maximum atomic E-state index is 11.8. The molecule has 0 fully saturated rings. The molecule has 0 aliphatic heterocycles. The molecule has 1 unspecified atom stereocenters. The van der Waals surface area contributed by atoms with Crippen LogP contribution in [0.1, 0.15) is 24.7 Å². The van der Waals surface area contributed by atoms with Crippen molar-refractivity contribution in [3.63, 3.8) is 0 Å². The van der Waals surface area contributed by atoms with Gasteiger partial charge in [-0.25, -0.2) is 0 Å². The van der Waals surface area contributed by atoms with Crippen LogP contribution in [-0.4, -0.2) is 24.2 Å². The Balaban J connectivity index is 1.40. The Morgan fingerprint density at radius 2 is 1.96 bits per heavy atom. The van der Waals surface area contributed by atoms with Crippen molar-refractivity contribution in [3.05, 3.63) is 66.6 Å². The van der Waals surface area contributed by atoms with Gasteiger partial charge >= 0.3 is 0 Å². The number of hydrogen-bond donors (Lipinski definition) is 2. The summed E-state index contributed by atoms with van der Waals surface area (Å²) in [7, 11) is 0. The van der Waals surface area contributed by atoms with Gasteiger partial charge in [0.2, 0.25) is 5.91 Å². The van der Waals surface area contributed by atoms with Gasteiger partial charge in [-0.2, -0.15) is 0 Å². The van der Waals surface area contributed by atoms with Gasteiger partial charge in [-0.15, -0.1) is 0 Å². The molecule has 5 heteroatoms. The summed E-state index contributed by atoms with van der Waals surface area (Å²) in [5, 5.41) is 14.7. The molecule has 0 saturated heterocycles. The van der Waals surface area contributed by atoms with Gasteiger partial charge in [0.25, 0.3) is 0 Å². The highest BCUT2D eigenvalue weighted by atomic mass is 16.5. The summed E-state index contributed by atoms with van der Waals surface area (Å²) in [5.41, 5.74) is 0. The van der Waals surface area contributed by atoms with E-state index in [0.717, 1.165) is 16.5 Å². The Morgan fingerprint density at radius 3 is 2.80 bits per heavy atom. The highest BCUT2D eigenvalue weighted by molar-refractivity contribution is 5.88. The molecule has 2 aromatic carbocycles. The highest BCUT2D eigenvalue weighted by Crippen LogP contribution is 2.25. The van der Waals surface area contributed by atoms with Crippen molar-refractivity contribution in [3.8, 4) is 5.75 Å². The van der Waals surface area contributed by atoms with Gasteiger partial charge in [-0.05, 0) is 30.0 Å². The Kier molecular flexibility index (Phi) is 5.69. The second-order valence-electron chi connectivity index (χ2n) is 5.76. The first-order valence-electron chi connectivity index (χ1n) is 8.33. The summed E-state index contributed by atoms with van der Waals surface area (Å²) in [6.45, 7) is 0.596. The molecule has 0 aliphatic rings. The van der Waals surface area contributed by atoms with Gasteiger partial charge in [0.15, 0.2) is 0 Å². The number of amides is 1. The van der Waals surface area contributed by atoms with Crippen LogP contribution < -0.4 is 10.1 Å². The fourth-order valence-electron chi connectivity index (χ4n) is 2.62. The number of aliphatic hydroxyl groups excluding tert-OH is 1. The van der Waals surface area contributed by atoms with Gasteiger partial charge < -0.3 is 19.6 Å². The first-order chi connectivity index (χ1) is 12.2. The Morgan fingerprint density at radius 1 is 1.12 bits per heavy atom. The molecule has 1 aromatic heterocycles. The van der Waals surface area contributed by atoms with Crippen LogP contribution in [-0.2, 0) is 4.79 Å². The average Bonchev–Trinajstić information content (AvgIpc) is 3.18. The lowest BCUT2D eigenvalue weighted by Gasteiger charge is -2.11. The van der Waals surface area contributed by atoms with Gasteiger partial charge in [0.1, 0.15) is 17.6 Å². The van der Waals surface area contributed by atoms with Crippen LogP contribution >= 0.6 is 0 Å². The predicted octanol–water partition coefficient (Wildman–Crippen LogP) is 3.44. The van der Waals surface area contributed by atoms with E-state index in [9.17, 15) is 9.90 Å². The molecule has 3 rings (SSSR count). The third-order valence-electron chi connectivity index (χ3n) is 3.92. The maximum absolute atomic E-state index is 11.8. The van der Waals surface area contributed by atoms with E-state index < -0.39 is 6.10 Å². The monoisotopic (exact) mass is 339 g/mol. The summed E-state index contributed by atoms with van der Waals surface area (Å²) in [5.74, 6) is 1.15. The zero-order valence-electron chi connectivity index (χ0n) is 13.9. The van der Waals surface area contributed by atoms with Crippen molar-refractivity contribution in [1.82, 2.24) is 5.32 Å². The van der Waals surface area contributed by atoms with Crippen LogP contribution in [0.2, 0.25) is 0 Å². The molecule has 5 nitrogen and oxygen atoms in total. The van der Waals surface area contributed by atoms with Crippen molar-refractivity contribution in [2.45, 2.75) is 18.9 Å². The summed E-state index contributed by atoms with van der Waals surface area (Å²) < 4.78 is 10.9. The summed E-state index contributed by atoms with van der Waals surface area (Å²) in [6.07, 6.45) is 1.61. The lowest BCUT2D eigenvalue weighted by Crippen LogP contribution is -2.28. The lowest BCUT2D eigenvalue weighted by atomic mass is 10.1. The minimum absolute atomic E-state index is 0.118. The molecular weight excluding hydrogens is 318 g/mol. The van der Waals surface area contributed by atoms with Crippen molar-refractivity contribution >= 4 is 16.7 Å². The third kappa shape index (κ3) is 4.61. The number of carbonyl (C=O) groups excluding carboxylic acids is 1. The largest absolute Gasteiger partial charge is 0.493 e. The number of nitrogens with one attached hydrogen (secondary N) is 1. The van der Waals surface area contributed by atoms with E-state index in [2.05, 4.69) is 5.32 Å². The number of hydrogen-bond acceptors (Lipinski definition) is 4.